The topological polar surface area (TPSA) is 29.5 Å². The molecule has 2 atom stereocenters. The molecule has 1 saturated heterocycles. The number of hydrogen-bond donors (Lipinski definition) is 1. The van der Waals surface area contributed by atoms with E-state index in [-0.39, 0.29) is 6.10 Å². The predicted octanol–water partition coefficient (Wildman–Crippen LogP) is 2.81. The van der Waals surface area contributed by atoms with Crippen molar-refractivity contribution in [1.29, 1.82) is 0 Å². The minimum atomic E-state index is 0.216. The fourth-order valence-electron chi connectivity index (χ4n) is 1.75. The van der Waals surface area contributed by atoms with Gasteiger partial charge >= 0.3 is 0 Å². The lowest BCUT2D eigenvalue weighted by Gasteiger charge is -2.28. The minimum absolute atomic E-state index is 0.216. The van der Waals surface area contributed by atoms with E-state index < -0.39 is 0 Å². The molecule has 1 fully saturated rings. The second-order valence-electron chi connectivity index (χ2n) is 3.57. The molecule has 0 aromatic carbocycles. The lowest BCUT2D eigenvalue weighted by molar-refractivity contribution is -0.0211. The maximum Gasteiger partial charge on any atom is 0.0930 e. The zero-order chi connectivity index (χ0) is 9.97. The molecule has 2 unspecified atom stereocenters. The van der Waals surface area contributed by atoms with Gasteiger partial charge in [0.15, 0.2) is 0 Å². The van der Waals surface area contributed by atoms with Crippen LogP contribution in [0.25, 0.3) is 0 Å². The lowest BCUT2D eigenvalue weighted by Crippen LogP contribution is -2.22. The SMILES string of the molecule is OCC1CCOC(c2sccc2I)C1. The first-order valence-corrected chi connectivity index (χ1v) is 6.72. The molecule has 0 bridgehead atoms. The van der Waals surface area contributed by atoms with Gasteiger partial charge in [-0.1, -0.05) is 0 Å². The lowest BCUT2D eigenvalue weighted by atomic mass is 9.96. The first-order valence-electron chi connectivity index (χ1n) is 4.76. The molecule has 1 N–H and O–H groups in total. The fraction of sp³-hybridized carbons (Fsp3) is 0.600. The van der Waals surface area contributed by atoms with Gasteiger partial charge in [-0.15, -0.1) is 11.3 Å². The average Bonchev–Trinajstić information content (AvgIpc) is 2.65. The highest BCUT2D eigenvalue weighted by molar-refractivity contribution is 14.1. The highest BCUT2D eigenvalue weighted by Crippen LogP contribution is 2.36. The molecule has 0 aliphatic carbocycles. The summed E-state index contributed by atoms with van der Waals surface area (Å²) in [4.78, 5) is 1.32. The molecule has 2 rings (SSSR count). The van der Waals surface area contributed by atoms with Crippen LogP contribution >= 0.6 is 33.9 Å². The molecule has 1 aliphatic heterocycles. The van der Waals surface area contributed by atoms with Gasteiger partial charge in [-0.25, -0.2) is 0 Å². The van der Waals surface area contributed by atoms with Gasteiger partial charge in [0.25, 0.3) is 0 Å². The van der Waals surface area contributed by atoms with Gasteiger partial charge in [0.05, 0.1) is 6.10 Å². The van der Waals surface area contributed by atoms with Crippen LogP contribution in [-0.2, 0) is 4.74 Å². The van der Waals surface area contributed by atoms with Crippen molar-refractivity contribution in [3.8, 4) is 0 Å². The van der Waals surface area contributed by atoms with Crippen molar-refractivity contribution in [3.05, 3.63) is 19.9 Å². The summed E-state index contributed by atoms with van der Waals surface area (Å²) >= 11 is 4.10. The van der Waals surface area contributed by atoms with Gasteiger partial charge in [-0.05, 0) is 52.8 Å². The summed E-state index contributed by atoms with van der Waals surface area (Å²) in [6, 6.07) is 2.12. The Morgan fingerprint density at radius 3 is 3.14 bits per heavy atom. The summed E-state index contributed by atoms with van der Waals surface area (Å²) in [6.07, 6.45) is 2.18. The van der Waals surface area contributed by atoms with Gasteiger partial charge in [-0.3, -0.25) is 0 Å². The Labute approximate surface area is 101 Å². The largest absolute Gasteiger partial charge is 0.396 e. The number of rotatable bonds is 2. The third-order valence-corrected chi connectivity index (χ3v) is 4.90. The van der Waals surface area contributed by atoms with Crippen molar-refractivity contribution in [2.75, 3.05) is 13.2 Å². The summed E-state index contributed by atoms with van der Waals surface area (Å²) in [7, 11) is 0. The molecule has 0 spiro atoms. The molecule has 1 aliphatic rings. The minimum Gasteiger partial charge on any atom is -0.396 e. The fourth-order valence-corrected chi connectivity index (χ4v) is 3.75. The maximum absolute atomic E-state index is 9.12. The van der Waals surface area contributed by atoms with Crippen LogP contribution in [0, 0.1) is 9.49 Å². The third-order valence-electron chi connectivity index (χ3n) is 2.59. The van der Waals surface area contributed by atoms with E-state index >= 15 is 0 Å². The summed E-state index contributed by atoms with van der Waals surface area (Å²) in [6.45, 7) is 1.08. The highest BCUT2D eigenvalue weighted by Gasteiger charge is 2.25. The van der Waals surface area contributed by atoms with Crippen LogP contribution < -0.4 is 0 Å². The first kappa shape index (κ1) is 10.9. The molecule has 2 nitrogen and oxygen atoms in total. The third kappa shape index (κ3) is 2.29. The van der Waals surface area contributed by atoms with Gasteiger partial charge < -0.3 is 9.84 Å². The summed E-state index contributed by atoms with van der Waals surface area (Å²) in [5.74, 6) is 0.423. The molecular weight excluding hydrogens is 311 g/mol. The van der Waals surface area contributed by atoms with Gasteiger partial charge in [0.1, 0.15) is 0 Å². The van der Waals surface area contributed by atoms with E-state index in [9.17, 15) is 0 Å². The van der Waals surface area contributed by atoms with Gasteiger partial charge in [0, 0.05) is 21.7 Å². The van der Waals surface area contributed by atoms with Crippen LogP contribution in [0.5, 0.6) is 0 Å². The molecule has 0 saturated carbocycles. The average molecular weight is 324 g/mol. The molecule has 1 aromatic rings. The van der Waals surface area contributed by atoms with E-state index in [1.54, 1.807) is 11.3 Å². The molecule has 4 heteroatoms. The van der Waals surface area contributed by atoms with Gasteiger partial charge in [-0.2, -0.15) is 0 Å². The van der Waals surface area contributed by atoms with Crippen LogP contribution in [0.3, 0.4) is 0 Å². The Hall–Kier alpha value is 0.350. The monoisotopic (exact) mass is 324 g/mol. The van der Waals surface area contributed by atoms with Crippen molar-refractivity contribution in [2.24, 2.45) is 5.92 Å². The molecule has 78 valence electrons. The van der Waals surface area contributed by atoms with E-state index in [1.165, 1.54) is 8.45 Å². The Morgan fingerprint density at radius 1 is 1.64 bits per heavy atom. The summed E-state index contributed by atoms with van der Waals surface area (Å²) < 4.78 is 7.02. The molecule has 2 heterocycles. The predicted molar refractivity (Wildman–Crippen MR) is 65.5 cm³/mol. The van der Waals surface area contributed by atoms with Gasteiger partial charge in [0.2, 0.25) is 0 Å². The Morgan fingerprint density at radius 2 is 2.50 bits per heavy atom. The zero-order valence-electron chi connectivity index (χ0n) is 7.78. The van der Waals surface area contributed by atoms with Crippen LogP contribution in [0.15, 0.2) is 11.4 Å². The van der Waals surface area contributed by atoms with Crippen molar-refractivity contribution >= 4 is 33.9 Å². The van der Waals surface area contributed by atoms with E-state index in [0.29, 0.717) is 12.5 Å². The normalized spacial score (nSPS) is 27.9. The zero-order valence-corrected chi connectivity index (χ0v) is 10.8. The summed E-state index contributed by atoms with van der Waals surface area (Å²) in [5, 5.41) is 11.2. The van der Waals surface area contributed by atoms with Crippen molar-refractivity contribution < 1.29 is 9.84 Å². The second-order valence-corrected chi connectivity index (χ2v) is 5.68. The smallest absolute Gasteiger partial charge is 0.0930 e. The second kappa shape index (κ2) is 4.92. The summed E-state index contributed by atoms with van der Waals surface area (Å²) in [5.41, 5.74) is 0. The maximum atomic E-state index is 9.12. The Kier molecular flexibility index (Phi) is 3.81. The van der Waals surface area contributed by atoms with Crippen molar-refractivity contribution in [1.82, 2.24) is 0 Å². The highest BCUT2D eigenvalue weighted by atomic mass is 127. The quantitative estimate of drug-likeness (QED) is 0.848. The van der Waals surface area contributed by atoms with Crippen LogP contribution in [0.1, 0.15) is 23.8 Å². The standard InChI is InChI=1S/C10H13IO2S/c11-8-2-4-14-10(8)9-5-7(6-12)1-3-13-9/h2,4,7,9,12H,1,3,5-6H2. The number of thiophene rings is 1. The molecule has 0 radical (unpaired) electrons. The van der Waals surface area contributed by atoms with Crippen LogP contribution in [-0.4, -0.2) is 18.3 Å². The Balaban J connectivity index is 2.08. The first-order chi connectivity index (χ1) is 6.81. The van der Waals surface area contributed by atoms with Crippen LogP contribution in [0.2, 0.25) is 0 Å². The van der Waals surface area contributed by atoms with Crippen molar-refractivity contribution in [3.63, 3.8) is 0 Å². The number of ether oxygens (including phenoxy) is 1. The van der Waals surface area contributed by atoms with E-state index in [2.05, 4.69) is 34.0 Å². The van der Waals surface area contributed by atoms with Crippen LogP contribution in [0.4, 0.5) is 0 Å². The molecular formula is C10H13IO2S. The molecule has 0 amide bonds. The number of aliphatic hydroxyl groups excluding tert-OH is 1. The molecule has 1 aromatic heterocycles. The molecule has 14 heavy (non-hydrogen) atoms. The van der Waals surface area contributed by atoms with E-state index in [4.69, 9.17) is 9.84 Å². The van der Waals surface area contributed by atoms with E-state index in [0.717, 1.165) is 19.4 Å². The number of hydrogen-bond acceptors (Lipinski definition) is 3. The van der Waals surface area contributed by atoms with E-state index in [1.807, 2.05) is 0 Å². The Bertz CT molecular complexity index is 300. The number of aliphatic hydroxyl groups is 1. The van der Waals surface area contributed by atoms with Crippen molar-refractivity contribution in [2.45, 2.75) is 18.9 Å². The number of halogens is 1.